The number of halogens is 3. The Kier molecular flexibility index (Phi) is 8.66. The van der Waals surface area contributed by atoms with Crippen LogP contribution in [-0.4, -0.2) is 45.2 Å². The van der Waals surface area contributed by atoms with Crippen molar-refractivity contribution in [3.8, 4) is 0 Å². The first kappa shape index (κ1) is 28.8. The van der Waals surface area contributed by atoms with Crippen molar-refractivity contribution >= 4 is 34.6 Å². The fourth-order valence-electron chi connectivity index (χ4n) is 6.63. The van der Waals surface area contributed by atoms with Crippen molar-refractivity contribution in [2.45, 2.75) is 88.4 Å². The molecular weight excluding hydrogens is 539 g/mol. The molecule has 0 spiro atoms. The number of carbonyl (C=O) groups excluding carboxylic acids is 2. The lowest BCUT2D eigenvalue weighted by molar-refractivity contribution is -0.193. The molecule has 0 radical (unpaired) electrons. The molecule has 1 amide bonds. The molecule has 216 valence electrons. The predicted molar refractivity (Wildman–Crippen MR) is 148 cm³/mol. The molecule has 3 unspecified atom stereocenters. The van der Waals surface area contributed by atoms with Crippen molar-refractivity contribution in [2.24, 2.45) is 11.8 Å². The summed E-state index contributed by atoms with van der Waals surface area (Å²) in [6, 6.07) is 7.90. The summed E-state index contributed by atoms with van der Waals surface area (Å²) in [4.78, 5) is 31.2. The summed E-state index contributed by atoms with van der Waals surface area (Å²) in [6.45, 7) is -0.499. The molecule has 2 aromatic heterocycles. The molecule has 10 heteroatoms. The van der Waals surface area contributed by atoms with E-state index >= 15 is 0 Å². The number of rotatable bonds is 9. The Morgan fingerprint density at radius 2 is 1.85 bits per heavy atom. The first-order valence-electron chi connectivity index (χ1n) is 14.2. The lowest BCUT2D eigenvalue weighted by Gasteiger charge is -2.35. The van der Waals surface area contributed by atoms with Crippen LogP contribution in [0.4, 0.5) is 13.2 Å². The van der Waals surface area contributed by atoms with Crippen molar-refractivity contribution in [1.82, 2.24) is 14.9 Å². The zero-order valence-electron chi connectivity index (χ0n) is 22.5. The molecule has 3 aromatic rings. The van der Waals surface area contributed by atoms with E-state index in [1.54, 1.807) is 22.8 Å². The average molecular weight is 576 g/mol. The highest BCUT2D eigenvalue weighted by Gasteiger charge is 2.47. The predicted octanol–water partition coefficient (Wildman–Crippen LogP) is 6.61. The van der Waals surface area contributed by atoms with Crippen LogP contribution in [0.2, 0.25) is 0 Å². The van der Waals surface area contributed by atoms with Crippen LogP contribution in [-0.2, 0) is 11.2 Å². The Morgan fingerprint density at radius 1 is 1.10 bits per heavy atom. The van der Waals surface area contributed by atoms with Gasteiger partial charge in [0.1, 0.15) is 17.6 Å². The van der Waals surface area contributed by atoms with Gasteiger partial charge in [-0.05, 0) is 54.8 Å². The number of carbonyl (C=O) groups is 2. The summed E-state index contributed by atoms with van der Waals surface area (Å²) in [5, 5.41) is 14.8. The van der Waals surface area contributed by atoms with Crippen molar-refractivity contribution in [2.75, 3.05) is 6.61 Å². The molecule has 2 fully saturated rings. The van der Waals surface area contributed by atoms with Crippen LogP contribution < -0.4 is 5.32 Å². The van der Waals surface area contributed by atoms with E-state index < -0.39 is 36.2 Å². The van der Waals surface area contributed by atoms with Gasteiger partial charge in [-0.15, -0.1) is 11.3 Å². The SMILES string of the molecule is O=CC(CO)(CC1CCCCC1)NC(=O)c1ccc2c(c1)nc(Cc1cccs1)n2C1CCCCC1C(F)(F)F. The van der Waals surface area contributed by atoms with E-state index in [0.29, 0.717) is 55.2 Å². The third-order valence-electron chi connectivity index (χ3n) is 8.67. The number of benzene rings is 1. The maximum Gasteiger partial charge on any atom is 0.393 e. The number of aromatic nitrogens is 2. The fraction of sp³-hybridized carbons (Fsp3) is 0.567. The first-order valence-corrected chi connectivity index (χ1v) is 15.1. The Hall–Kier alpha value is -2.72. The van der Waals surface area contributed by atoms with Gasteiger partial charge in [0.15, 0.2) is 0 Å². The monoisotopic (exact) mass is 575 g/mol. The molecule has 1 aromatic carbocycles. The summed E-state index contributed by atoms with van der Waals surface area (Å²) in [5.74, 6) is -1.17. The fourth-order valence-corrected chi connectivity index (χ4v) is 7.33. The number of hydrogen-bond acceptors (Lipinski definition) is 5. The standard InChI is InChI=1S/C30H36F3N3O3S/c31-30(32,33)23-10-4-5-11-25(23)36-26-13-12-21(15-24(26)34-27(36)16-22-9-6-14-40-22)28(39)35-29(18-37,19-38)17-20-7-2-1-3-8-20/h6,9,12-15,18,20,23,25,38H,1-5,7-8,10-11,16-17,19H2,(H,35,39). The molecule has 2 saturated carbocycles. The molecule has 5 rings (SSSR count). The number of aliphatic hydroxyl groups excluding tert-OH is 1. The van der Waals surface area contributed by atoms with Crippen molar-refractivity contribution in [3.05, 3.63) is 52.0 Å². The number of aldehydes is 1. The smallest absolute Gasteiger partial charge is 0.393 e. The Morgan fingerprint density at radius 3 is 2.52 bits per heavy atom. The Balaban J connectivity index is 1.48. The summed E-state index contributed by atoms with van der Waals surface area (Å²) in [7, 11) is 0. The lowest BCUT2D eigenvalue weighted by atomic mass is 9.80. The molecule has 2 aliphatic carbocycles. The Labute approximate surface area is 236 Å². The van der Waals surface area contributed by atoms with Crippen molar-refractivity contribution in [3.63, 3.8) is 0 Å². The minimum atomic E-state index is -4.32. The molecule has 0 saturated heterocycles. The number of fused-ring (bicyclic) bond motifs is 1. The number of amides is 1. The van der Waals surface area contributed by atoms with Crippen LogP contribution in [0.25, 0.3) is 11.0 Å². The highest BCUT2D eigenvalue weighted by molar-refractivity contribution is 7.09. The zero-order valence-corrected chi connectivity index (χ0v) is 23.3. The van der Waals surface area contributed by atoms with Crippen LogP contribution in [0.3, 0.4) is 0 Å². The van der Waals surface area contributed by atoms with Gasteiger partial charge in [-0.2, -0.15) is 13.2 Å². The second-order valence-electron chi connectivity index (χ2n) is 11.5. The number of aliphatic hydroxyl groups is 1. The van der Waals surface area contributed by atoms with E-state index in [4.69, 9.17) is 4.98 Å². The van der Waals surface area contributed by atoms with Gasteiger partial charge < -0.3 is 19.8 Å². The minimum absolute atomic E-state index is 0.0860. The van der Waals surface area contributed by atoms with Gasteiger partial charge in [0, 0.05) is 22.9 Å². The van der Waals surface area contributed by atoms with Gasteiger partial charge in [0.2, 0.25) is 0 Å². The van der Waals surface area contributed by atoms with Gasteiger partial charge in [-0.1, -0.05) is 51.0 Å². The molecule has 3 atom stereocenters. The van der Waals surface area contributed by atoms with E-state index in [1.807, 2.05) is 17.5 Å². The quantitative estimate of drug-likeness (QED) is 0.281. The van der Waals surface area contributed by atoms with Crippen LogP contribution in [0.5, 0.6) is 0 Å². The number of nitrogens with one attached hydrogen (secondary N) is 1. The van der Waals surface area contributed by atoms with Gasteiger partial charge in [0.05, 0.1) is 23.6 Å². The highest BCUT2D eigenvalue weighted by atomic mass is 32.1. The second kappa shape index (κ2) is 12.0. The summed E-state index contributed by atoms with van der Waals surface area (Å²) < 4.78 is 44.1. The number of imidazole rings is 1. The number of hydrogen-bond donors (Lipinski definition) is 2. The molecule has 0 aliphatic heterocycles. The van der Waals surface area contributed by atoms with Crippen LogP contribution >= 0.6 is 11.3 Å². The Bertz CT molecular complexity index is 1320. The largest absolute Gasteiger partial charge is 0.393 e. The van der Waals surface area contributed by atoms with Crippen molar-refractivity contribution < 1.29 is 27.9 Å². The van der Waals surface area contributed by atoms with Gasteiger partial charge >= 0.3 is 6.18 Å². The van der Waals surface area contributed by atoms with E-state index in [1.165, 1.54) is 11.3 Å². The highest BCUT2D eigenvalue weighted by Crippen LogP contribution is 2.46. The topological polar surface area (TPSA) is 84.2 Å². The van der Waals surface area contributed by atoms with E-state index in [-0.39, 0.29) is 17.9 Å². The maximum absolute atomic E-state index is 14.1. The summed E-state index contributed by atoms with van der Waals surface area (Å²) >= 11 is 1.53. The zero-order chi connectivity index (χ0) is 28.3. The van der Waals surface area contributed by atoms with Gasteiger partial charge in [-0.3, -0.25) is 4.79 Å². The number of alkyl halides is 3. The number of thiophene rings is 1. The molecule has 0 bridgehead atoms. The molecular formula is C30H36F3N3O3S. The van der Waals surface area contributed by atoms with E-state index in [9.17, 15) is 27.9 Å². The summed E-state index contributed by atoms with van der Waals surface area (Å²) in [5.41, 5.74) is -0.118. The van der Waals surface area contributed by atoms with Crippen LogP contribution in [0.1, 0.15) is 91.3 Å². The van der Waals surface area contributed by atoms with E-state index in [2.05, 4.69) is 5.32 Å². The maximum atomic E-state index is 14.1. The molecule has 2 N–H and O–H groups in total. The van der Waals surface area contributed by atoms with Gasteiger partial charge in [-0.25, -0.2) is 4.98 Å². The molecule has 6 nitrogen and oxygen atoms in total. The van der Waals surface area contributed by atoms with Crippen molar-refractivity contribution in [1.29, 1.82) is 0 Å². The molecule has 2 aliphatic rings. The molecule has 2 heterocycles. The average Bonchev–Trinajstić information content (AvgIpc) is 3.60. The van der Waals surface area contributed by atoms with Crippen LogP contribution in [0.15, 0.2) is 35.7 Å². The van der Waals surface area contributed by atoms with Crippen LogP contribution in [0, 0.1) is 11.8 Å². The van der Waals surface area contributed by atoms with E-state index in [0.717, 1.165) is 37.0 Å². The third-order valence-corrected chi connectivity index (χ3v) is 9.54. The lowest BCUT2D eigenvalue weighted by Crippen LogP contribution is -2.54. The first-order chi connectivity index (χ1) is 19.2. The second-order valence-corrected chi connectivity index (χ2v) is 12.5. The number of nitrogens with zero attached hydrogens (tertiary/aromatic N) is 2. The minimum Gasteiger partial charge on any atom is -0.393 e. The van der Waals surface area contributed by atoms with Gasteiger partial charge in [0.25, 0.3) is 5.91 Å². The summed E-state index contributed by atoms with van der Waals surface area (Å²) in [6.07, 6.45) is 4.06. The molecule has 40 heavy (non-hydrogen) atoms. The third kappa shape index (κ3) is 6.12. The normalized spacial score (nSPS) is 22.2.